The van der Waals surface area contributed by atoms with E-state index < -0.39 is 0 Å². The van der Waals surface area contributed by atoms with Crippen molar-refractivity contribution in [1.82, 2.24) is 0 Å². The summed E-state index contributed by atoms with van der Waals surface area (Å²) < 4.78 is 0. The van der Waals surface area contributed by atoms with Gasteiger partial charge in [0.05, 0.1) is 11.6 Å². The Hall–Kier alpha value is -1.29. The smallest absolute Gasteiger partial charge is 0.0991 e. The van der Waals surface area contributed by atoms with Gasteiger partial charge < -0.3 is 0 Å². The highest BCUT2D eigenvalue weighted by Crippen LogP contribution is 2.44. The molecule has 2 aliphatic carbocycles. The van der Waals surface area contributed by atoms with Crippen molar-refractivity contribution in [1.29, 1.82) is 5.26 Å². The molecule has 1 nitrogen and oxygen atoms in total. The second-order valence-electron chi connectivity index (χ2n) is 7.53. The first-order valence-corrected chi connectivity index (χ1v) is 9.30. The van der Waals surface area contributed by atoms with Gasteiger partial charge in [0, 0.05) is 0 Å². The predicted molar refractivity (Wildman–Crippen MR) is 91.6 cm³/mol. The topological polar surface area (TPSA) is 23.8 Å². The predicted octanol–water partition coefficient (Wildman–Crippen LogP) is 6.05. The molecule has 0 amide bonds. The first-order chi connectivity index (χ1) is 10.8. The van der Waals surface area contributed by atoms with E-state index in [1.807, 2.05) is 12.1 Å². The standard InChI is InChI=1S/C21H29N/c1-2-16-3-7-18(8-4-16)20-11-13-21(14-12-20)19-9-5-17(15-22)6-10-19/h5-6,9-10,16,18,20-21H,2-4,7-8,11-14H2,1H3. The van der Waals surface area contributed by atoms with Crippen LogP contribution in [-0.2, 0) is 0 Å². The normalized spacial score (nSPS) is 32.4. The fourth-order valence-electron chi connectivity index (χ4n) is 4.82. The SMILES string of the molecule is CCC1CCC(C2CCC(c3ccc(C#N)cc3)CC2)CC1. The summed E-state index contributed by atoms with van der Waals surface area (Å²) in [7, 11) is 0. The van der Waals surface area contributed by atoms with Crippen molar-refractivity contribution < 1.29 is 0 Å². The van der Waals surface area contributed by atoms with E-state index >= 15 is 0 Å². The van der Waals surface area contributed by atoms with Gasteiger partial charge in [0.15, 0.2) is 0 Å². The molecule has 0 heterocycles. The second-order valence-corrected chi connectivity index (χ2v) is 7.53. The van der Waals surface area contributed by atoms with E-state index in [2.05, 4.69) is 25.1 Å². The van der Waals surface area contributed by atoms with Crippen molar-refractivity contribution in [2.45, 2.75) is 70.6 Å². The summed E-state index contributed by atoms with van der Waals surface area (Å²) in [6.07, 6.45) is 12.9. The number of rotatable bonds is 3. The molecule has 2 saturated carbocycles. The third-order valence-corrected chi connectivity index (χ3v) is 6.42. The van der Waals surface area contributed by atoms with Crippen LogP contribution in [0.4, 0.5) is 0 Å². The van der Waals surface area contributed by atoms with E-state index in [0.717, 1.165) is 29.2 Å². The summed E-state index contributed by atoms with van der Waals surface area (Å²) in [6.45, 7) is 2.35. The number of nitrogens with zero attached hydrogens (tertiary/aromatic N) is 1. The van der Waals surface area contributed by atoms with E-state index in [9.17, 15) is 0 Å². The average Bonchev–Trinajstić information content (AvgIpc) is 2.62. The number of hydrogen-bond donors (Lipinski definition) is 0. The van der Waals surface area contributed by atoms with Crippen LogP contribution in [0.2, 0.25) is 0 Å². The molecule has 1 aromatic carbocycles. The molecular weight excluding hydrogens is 266 g/mol. The highest BCUT2D eigenvalue weighted by molar-refractivity contribution is 5.33. The van der Waals surface area contributed by atoms with Gasteiger partial charge in [-0.3, -0.25) is 0 Å². The lowest BCUT2D eigenvalue weighted by Gasteiger charge is -2.38. The molecule has 0 atom stereocenters. The van der Waals surface area contributed by atoms with Crippen LogP contribution < -0.4 is 0 Å². The Labute approximate surface area is 135 Å². The molecule has 118 valence electrons. The maximum absolute atomic E-state index is 8.90. The molecule has 1 aromatic rings. The molecule has 2 aliphatic rings. The Morgan fingerprint density at radius 1 is 0.864 bits per heavy atom. The van der Waals surface area contributed by atoms with E-state index in [1.54, 1.807) is 0 Å². The first kappa shape index (κ1) is 15.6. The van der Waals surface area contributed by atoms with Crippen LogP contribution in [0, 0.1) is 29.1 Å². The van der Waals surface area contributed by atoms with E-state index in [1.165, 1.54) is 63.4 Å². The number of hydrogen-bond acceptors (Lipinski definition) is 1. The Morgan fingerprint density at radius 3 is 1.91 bits per heavy atom. The molecule has 3 rings (SSSR count). The van der Waals surface area contributed by atoms with Crippen LogP contribution in [0.25, 0.3) is 0 Å². The molecule has 0 radical (unpaired) electrons. The summed E-state index contributed by atoms with van der Waals surface area (Å²) >= 11 is 0. The maximum atomic E-state index is 8.90. The van der Waals surface area contributed by atoms with Crippen LogP contribution in [0.3, 0.4) is 0 Å². The summed E-state index contributed by atoms with van der Waals surface area (Å²) in [5.74, 6) is 3.76. The average molecular weight is 295 g/mol. The highest BCUT2D eigenvalue weighted by atomic mass is 14.4. The minimum absolute atomic E-state index is 0.732. The van der Waals surface area contributed by atoms with Gasteiger partial charge in [-0.25, -0.2) is 0 Å². The lowest BCUT2D eigenvalue weighted by Crippen LogP contribution is -2.25. The zero-order valence-corrected chi connectivity index (χ0v) is 13.9. The van der Waals surface area contributed by atoms with Gasteiger partial charge in [-0.2, -0.15) is 5.26 Å². The minimum Gasteiger partial charge on any atom is -0.192 e. The van der Waals surface area contributed by atoms with Gasteiger partial charge in [-0.1, -0.05) is 38.3 Å². The van der Waals surface area contributed by atoms with Crippen LogP contribution in [0.1, 0.15) is 81.8 Å². The molecular formula is C21H29N. The van der Waals surface area contributed by atoms with Crippen LogP contribution in [0.5, 0.6) is 0 Å². The fraction of sp³-hybridized carbons (Fsp3) is 0.667. The molecule has 1 heteroatoms. The van der Waals surface area contributed by atoms with Crippen molar-refractivity contribution in [2.24, 2.45) is 17.8 Å². The van der Waals surface area contributed by atoms with Gasteiger partial charge in [0.2, 0.25) is 0 Å². The molecule has 0 unspecified atom stereocenters. The summed E-state index contributed by atoms with van der Waals surface area (Å²) in [4.78, 5) is 0. The van der Waals surface area contributed by atoms with Crippen molar-refractivity contribution in [2.75, 3.05) is 0 Å². The van der Waals surface area contributed by atoms with E-state index in [0.29, 0.717) is 0 Å². The summed E-state index contributed by atoms with van der Waals surface area (Å²) in [6, 6.07) is 10.5. The molecule has 0 aromatic heterocycles. The van der Waals surface area contributed by atoms with Gasteiger partial charge in [-0.15, -0.1) is 0 Å². The van der Waals surface area contributed by atoms with Crippen molar-refractivity contribution in [3.63, 3.8) is 0 Å². The Kier molecular flexibility index (Phi) is 5.19. The van der Waals surface area contributed by atoms with Crippen LogP contribution in [-0.4, -0.2) is 0 Å². The lowest BCUT2D eigenvalue weighted by atomic mass is 9.68. The Balaban J connectivity index is 1.51. The van der Waals surface area contributed by atoms with E-state index in [-0.39, 0.29) is 0 Å². The fourth-order valence-corrected chi connectivity index (χ4v) is 4.82. The molecule has 0 aliphatic heterocycles. The van der Waals surface area contributed by atoms with Crippen molar-refractivity contribution >= 4 is 0 Å². The Morgan fingerprint density at radius 2 is 1.41 bits per heavy atom. The van der Waals surface area contributed by atoms with Crippen molar-refractivity contribution in [3.05, 3.63) is 35.4 Å². The number of benzene rings is 1. The highest BCUT2D eigenvalue weighted by Gasteiger charge is 2.30. The molecule has 0 N–H and O–H groups in total. The third-order valence-electron chi connectivity index (χ3n) is 6.42. The Bertz CT molecular complexity index is 494. The van der Waals surface area contributed by atoms with Crippen molar-refractivity contribution in [3.8, 4) is 6.07 Å². The zero-order valence-electron chi connectivity index (χ0n) is 13.9. The molecule has 0 saturated heterocycles. The van der Waals surface area contributed by atoms with Crippen LogP contribution in [0.15, 0.2) is 24.3 Å². The van der Waals surface area contributed by atoms with Gasteiger partial charge in [0.25, 0.3) is 0 Å². The maximum Gasteiger partial charge on any atom is 0.0991 e. The molecule has 0 bridgehead atoms. The second kappa shape index (κ2) is 7.32. The molecule has 2 fully saturated rings. The monoisotopic (exact) mass is 295 g/mol. The molecule has 0 spiro atoms. The van der Waals surface area contributed by atoms with Crippen LogP contribution >= 0.6 is 0 Å². The lowest BCUT2D eigenvalue weighted by molar-refractivity contribution is 0.158. The third kappa shape index (κ3) is 3.54. The quantitative estimate of drug-likeness (QED) is 0.666. The summed E-state index contributed by atoms with van der Waals surface area (Å²) in [5, 5.41) is 8.90. The van der Waals surface area contributed by atoms with Gasteiger partial charge in [-0.05, 0) is 79.9 Å². The first-order valence-electron chi connectivity index (χ1n) is 9.30. The van der Waals surface area contributed by atoms with E-state index in [4.69, 9.17) is 5.26 Å². The van der Waals surface area contributed by atoms with Gasteiger partial charge in [0.1, 0.15) is 0 Å². The zero-order chi connectivity index (χ0) is 15.4. The largest absolute Gasteiger partial charge is 0.192 e. The summed E-state index contributed by atoms with van der Waals surface area (Å²) in [5.41, 5.74) is 2.23. The minimum atomic E-state index is 0.732. The van der Waals surface area contributed by atoms with Gasteiger partial charge >= 0.3 is 0 Å². The number of nitriles is 1. The molecule has 22 heavy (non-hydrogen) atoms.